The van der Waals surface area contributed by atoms with Crippen LogP contribution in [-0.2, 0) is 6.54 Å². The number of nitrogens with one attached hydrogen (secondary N) is 2. The highest BCUT2D eigenvalue weighted by Gasteiger charge is 2.26. The Labute approximate surface area is 157 Å². The van der Waals surface area contributed by atoms with Gasteiger partial charge in [-0.25, -0.2) is 0 Å². The maximum atomic E-state index is 12.1. The third kappa shape index (κ3) is 6.24. The Morgan fingerprint density at radius 1 is 1.30 bits per heavy atom. The third-order valence-corrected chi connectivity index (χ3v) is 3.46. The summed E-state index contributed by atoms with van der Waals surface area (Å²) in [6, 6.07) is 3.66. The first kappa shape index (κ1) is 20.1. The van der Waals surface area contributed by atoms with Crippen molar-refractivity contribution in [2.45, 2.75) is 19.1 Å². The Morgan fingerprint density at radius 3 is 2.70 bits per heavy atom. The number of rotatable bonds is 4. The second kappa shape index (κ2) is 8.81. The average Bonchev–Trinajstić information content (AvgIpc) is 2.90. The molecule has 0 fully saturated rings. The second-order valence-electron chi connectivity index (χ2n) is 4.53. The van der Waals surface area contributed by atoms with Gasteiger partial charge in [0.15, 0.2) is 17.5 Å². The monoisotopic (exact) mass is 509 g/mol. The van der Waals surface area contributed by atoms with Gasteiger partial charge in [-0.15, -0.1) is 24.0 Å². The van der Waals surface area contributed by atoms with Crippen molar-refractivity contribution in [1.29, 1.82) is 0 Å². The van der Waals surface area contributed by atoms with E-state index < -0.39 is 12.6 Å². The number of fused-ring (bicyclic) bond motifs is 1. The zero-order valence-electron chi connectivity index (χ0n) is 12.2. The van der Waals surface area contributed by atoms with Crippen LogP contribution in [0.3, 0.4) is 0 Å². The fourth-order valence-electron chi connectivity index (χ4n) is 1.85. The van der Waals surface area contributed by atoms with E-state index in [1.807, 2.05) is 12.1 Å². The summed E-state index contributed by atoms with van der Waals surface area (Å²) in [6.07, 6.45) is -5.10. The van der Waals surface area contributed by atoms with Gasteiger partial charge in [-0.1, -0.05) is 0 Å². The molecular weight excluding hydrogens is 494 g/mol. The van der Waals surface area contributed by atoms with Gasteiger partial charge in [-0.3, -0.25) is 4.99 Å². The quantitative estimate of drug-likeness (QED) is 0.371. The van der Waals surface area contributed by atoms with Crippen molar-refractivity contribution in [2.24, 2.45) is 4.99 Å². The number of ether oxygens (including phenoxy) is 2. The highest BCUT2D eigenvalue weighted by molar-refractivity contribution is 14.0. The average molecular weight is 510 g/mol. The molecule has 0 aromatic heterocycles. The summed E-state index contributed by atoms with van der Waals surface area (Å²) in [7, 11) is 1.50. The number of aliphatic imine (C=N–C) groups is 1. The predicted octanol–water partition coefficient (Wildman–Crippen LogP) is 3.41. The summed E-state index contributed by atoms with van der Waals surface area (Å²) in [5.41, 5.74) is 0.884. The van der Waals surface area contributed by atoms with Gasteiger partial charge < -0.3 is 20.1 Å². The molecule has 1 aromatic rings. The topological polar surface area (TPSA) is 54.9 Å². The summed E-state index contributed by atoms with van der Waals surface area (Å²) in [5, 5.41) is 5.56. The van der Waals surface area contributed by atoms with Crippen molar-refractivity contribution in [3.8, 4) is 11.5 Å². The molecule has 23 heavy (non-hydrogen) atoms. The fraction of sp³-hybridized carbons (Fsp3) is 0.462. The number of alkyl halides is 3. The molecule has 0 amide bonds. The minimum absolute atomic E-state index is 0. The molecule has 1 aliphatic heterocycles. The number of guanidine groups is 1. The van der Waals surface area contributed by atoms with Crippen molar-refractivity contribution < 1.29 is 22.6 Å². The van der Waals surface area contributed by atoms with Crippen LogP contribution < -0.4 is 20.1 Å². The lowest BCUT2D eigenvalue weighted by Crippen LogP contribution is -2.38. The van der Waals surface area contributed by atoms with E-state index in [1.165, 1.54) is 7.05 Å². The first-order chi connectivity index (χ1) is 10.4. The maximum absolute atomic E-state index is 12.1. The molecule has 0 unspecified atom stereocenters. The molecular formula is C13H16BrF3IN3O2. The van der Waals surface area contributed by atoms with Gasteiger partial charge in [0, 0.05) is 20.1 Å². The van der Waals surface area contributed by atoms with Crippen LogP contribution in [0.5, 0.6) is 11.5 Å². The number of nitrogens with zero attached hydrogens (tertiary/aromatic N) is 1. The largest absolute Gasteiger partial charge is 0.454 e. The molecule has 0 atom stereocenters. The van der Waals surface area contributed by atoms with Gasteiger partial charge in [0.1, 0.15) is 0 Å². The van der Waals surface area contributed by atoms with Gasteiger partial charge in [-0.2, -0.15) is 13.2 Å². The normalized spacial score (nSPS) is 13.5. The molecule has 0 saturated carbocycles. The van der Waals surface area contributed by atoms with Gasteiger partial charge in [0.25, 0.3) is 0 Å². The highest BCUT2D eigenvalue weighted by atomic mass is 127. The second-order valence-corrected chi connectivity index (χ2v) is 5.38. The van der Waals surface area contributed by atoms with E-state index in [-0.39, 0.29) is 37.3 Å². The Hall–Kier alpha value is -0.910. The molecule has 5 nitrogen and oxygen atoms in total. The van der Waals surface area contributed by atoms with Gasteiger partial charge >= 0.3 is 6.18 Å². The fourth-order valence-corrected chi connectivity index (χ4v) is 2.46. The number of hydrogen-bond acceptors (Lipinski definition) is 3. The highest BCUT2D eigenvalue weighted by Crippen LogP contribution is 2.39. The Bertz CT molecular complexity index is 570. The van der Waals surface area contributed by atoms with Crippen molar-refractivity contribution >= 4 is 45.9 Å². The van der Waals surface area contributed by atoms with E-state index in [0.717, 1.165) is 10.0 Å². The van der Waals surface area contributed by atoms with Crippen LogP contribution in [0, 0.1) is 0 Å². The molecule has 2 rings (SSSR count). The van der Waals surface area contributed by atoms with Gasteiger partial charge in [-0.05, 0) is 33.6 Å². The van der Waals surface area contributed by atoms with E-state index in [0.29, 0.717) is 24.0 Å². The number of benzene rings is 1. The first-order valence-electron chi connectivity index (χ1n) is 6.48. The van der Waals surface area contributed by atoms with Crippen molar-refractivity contribution in [3.63, 3.8) is 0 Å². The molecule has 0 spiro atoms. The summed E-state index contributed by atoms with van der Waals surface area (Å²) in [4.78, 5) is 3.88. The van der Waals surface area contributed by atoms with Gasteiger partial charge in [0.2, 0.25) is 6.79 Å². The van der Waals surface area contributed by atoms with Crippen LogP contribution in [0.25, 0.3) is 0 Å². The lowest BCUT2D eigenvalue weighted by Gasteiger charge is -2.13. The van der Waals surface area contributed by atoms with Crippen LogP contribution in [-0.4, -0.2) is 32.5 Å². The zero-order chi connectivity index (χ0) is 16.2. The first-order valence-corrected chi connectivity index (χ1v) is 7.27. The van der Waals surface area contributed by atoms with Crippen LogP contribution in [0.15, 0.2) is 21.6 Å². The van der Waals surface area contributed by atoms with E-state index in [9.17, 15) is 13.2 Å². The van der Waals surface area contributed by atoms with E-state index >= 15 is 0 Å². The standard InChI is InChI=1S/C13H15BrF3N3O2.HI/c1-18-12(19-3-2-13(15,16)17)20-6-8-4-9(14)11-10(5-8)21-7-22-11;/h4-5H,2-3,6-7H2,1H3,(H2,18,19,20);1H. The third-order valence-electron chi connectivity index (χ3n) is 2.87. The van der Waals surface area contributed by atoms with E-state index in [2.05, 4.69) is 31.6 Å². The zero-order valence-corrected chi connectivity index (χ0v) is 16.1. The minimum Gasteiger partial charge on any atom is -0.454 e. The summed E-state index contributed by atoms with van der Waals surface area (Å²) in [6.45, 7) is 0.334. The van der Waals surface area contributed by atoms with E-state index in [4.69, 9.17) is 9.47 Å². The van der Waals surface area contributed by atoms with Crippen LogP contribution in [0.2, 0.25) is 0 Å². The molecule has 0 aliphatic carbocycles. The summed E-state index contributed by atoms with van der Waals surface area (Å²) in [5.74, 6) is 1.58. The molecule has 0 saturated heterocycles. The van der Waals surface area contributed by atoms with Gasteiger partial charge in [0.05, 0.1) is 10.9 Å². The molecule has 0 bridgehead atoms. The predicted molar refractivity (Wildman–Crippen MR) is 94.6 cm³/mol. The maximum Gasteiger partial charge on any atom is 0.390 e. The summed E-state index contributed by atoms with van der Waals surface area (Å²) >= 11 is 3.38. The Morgan fingerprint density at radius 2 is 2.04 bits per heavy atom. The molecule has 1 heterocycles. The lowest BCUT2D eigenvalue weighted by atomic mass is 10.2. The summed E-state index contributed by atoms with van der Waals surface area (Å²) < 4.78 is 47.7. The van der Waals surface area contributed by atoms with Crippen molar-refractivity contribution in [3.05, 3.63) is 22.2 Å². The van der Waals surface area contributed by atoms with Crippen LogP contribution >= 0.6 is 39.9 Å². The molecule has 10 heteroatoms. The lowest BCUT2D eigenvalue weighted by molar-refractivity contribution is -0.132. The number of halogens is 5. The molecule has 1 aliphatic rings. The van der Waals surface area contributed by atoms with Crippen molar-refractivity contribution in [1.82, 2.24) is 10.6 Å². The molecule has 1 aromatic carbocycles. The van der Waals surface area contributed by atoms with Crippen LogP contribution in [0.1, 0.15) is 12.0 Å². The smallest absolute Gasteiger partial charge is 0.390 e. The molecule has 130 valence electrons. The van der Waals surface area contributed by atoms with Crippen molar-refractivity contribution in [2.75, 3.05) is 20.4 Å². The minimum atomic E-state index is -4.19. The Balaban J connectivity index is 0.00000264. The molecule has 0 radical (unpaired) electrons. The number of hydrogen-bond donors (Lipinski definition) is 2. The SMILES string of the molecule is CN=C(NCCC(F)(F)F)NCc1cc(Br)c2c(c1)OCO2.I. The van der Waals surface area contributed by atoms with E-state index in [1.54, 1.807) is 0 Å². The van der Waals surface area contributed by atoms with Crippen LogP contribution in [0.4, 0.5) is 13.2 Å². The Kier molecular flexibility index (Phi) is 7.71. The molecule has 2 N–H and O–H groups in total.